The van der Waals surface area contributed by atoms with E-state index in [-0.39, 0.29) is 0 Å². The number of pyridine rings is 1. The van der Waals surface area contributed by atoms with Crippen molar-refractivity contribution in [3.8, 4) is 0 Å². The van der Waals surface area contributed by atoms with Gasteiger partial charge in [0.2, 0.25) is 0 Å². The van der Waals surface area contributed by atoms with Gasteiger partial charge in [-0.05, 0) is 6.42 Å². The van der Waals surface area contributed by atoms with Gasteiger partial charge in [0.05, 0.1) is 6.15 Å². The van der Waals surface area contributed by atoms with E-state index in [1.54, 1.807) is 0 Å². The standard InChI is InChI=1S/C30H40B.C13H22N/c1-2-3-4-5-6-7-8-9-10-20-27-31(28-21-14-11-15-22-28,29-23-16-12-17-24-29)30-25-18-13-19-26-30;1-2-3-4-5-6-8-11-14-12-9-7-10-13-14/h11-19,21-26H,2-10,20,27H2,1H3;7,9-10,12-13H,2-6,8,11H2,1H3/q-1;+1. The molecule has 0 saturated heterocycles. The molecule has 0 saturated carbocycles. The molecule has 1 heterocycles. The highest BCUT2D eigenvalue weighted by Crippen LogP contribution is 2.19. The Labute approximate surface area is 277 Å². The molecule has 3 aromatic carbocycles. The maximum absolute atomic E-state index is 2.34. The van der Waals surface area contributed by atoms with Gasteiger partial charge in [-0.3, -0.25) is 0 Å². The molecule has 1 aromatic heterocycles. The highest BCUT2D eigenvalue weighted by molar-refractivity contribution is 7.11. The second-order valence-corrected chi connectivity index (χ2v) is 13.1. The number of rotatable bonds is 21. The van der Waals surface area contributed by atoms with Gasteiger partial charge >= 0.3 is 0 Å². The molecule has 0 bridgehead atoms. The lowest BCUT2D eigenvalue weighted by molar-refractivity contribution is -0.697. The predicted octanol–water partition coefficient (Wildman–Crippen LogP) is 10.4. The molecule has 0 spiro atoms. The molecule has 4 rings (SSSR count). The molecule has 0 N–H and O–H groups in total. The summed E-state index contributed by atoms with van der Waals surface area (Å²) in [5.41, 5.74) is 4.41. The van der Waals surface area contributed by atoms with E-state index in [0.717, 1.165) is 0 Å². The van der Waals surface area contributed by atoms with Gasteiger partial charge in [0.1, 0.15) is 6.54 Å². The number of hydrogen-bond acceptors (Lipinski definition) is 0. The molecule has 45 heavy (non-hydrogen) atoms. The number of hydrogen-bond donors (Lipinski definition) is 0. The van der Waals surface area contributed by atoms with Crippen molar-refractivity contribution >= 4 is 22.5 Å². The maximum Gasteiger partial charge on any atom is 0.168 e. The summed E-state index contributed by atoms with van der Waals surface area (Å²) in [5.74, 6) is 0. The third-order valence-electron chi connectivity index (χ3n) is 9.64. The summed E-state index contributed by atoms with van der Waals surface area (Å²) in [6.45, 7) is 5.73. The van der Waals surface area contributed by atoms with Crippen molar-refractivity contribution in [3.63, 3.8) is 0 Å². The van der Waals surface area contributed by atoms with Crippen LogP contribution in [-0.2, 0) is 6.54 Å². The van der Waals surface area contributed by atoms with Crippen LogP contribution in [0.4, 0.5) is 0 Å². The van der Waals surface area contributed by atoms with E-state index in [0.29, 0.717) is 0 Å². The molecule has 0 unspecified atom stereocenters. The zero-order valence-corrected chi connectivity index (χ0v) is 28.8. The van der Waals surface area contributed by atoms with E-state index < -0.39 is 6.15 Å². The van der Waals surface area contributed by atoms with Crippen LogP contribution in [0.3, 0.4) is 0 Å². The summed E-state index contributed by atoms with van der Waals surface area (Å²) >= 11 is 0. The van der Waals surface area contributed by atoms with Crippen LogP contribution < -0.4 is 21.0 Å². The molecule has 0 fully saturated rings. The molecule has 0 aliphatic carbocycles. The first-order chi connectivity index (χ1) is 22.3. The number of benzene rings is 3. The normalized spacial score (nSPS) is 11.2. The van der Waals surface area contributed by atoms with Crippen molar-refractivity contribution in [2.45, 2.75) is 129 Å². The minimum atomic E-state index is -0.950. The molecular weight excluding hydrogens is 541 g/mol. The van der Waals surface area contributed by atoms with E-state index in [4.69, 9.17) is 0 Å². The number of aromatic nitrogens is 1. The van der Waals surface area contributed by atoms with Crippen molar-refractivity contribution in [3.05, 3.63) is 122 Å². The van der Waals surface area contributed by atoms with Crippen LogP contribution >= 0.6 is 0 Å². The van der Waals surface area contributed by atoms with Gasteiger partial charge in [-0.1, -0.05) is 201 Å². The van der Waals surface area contributed by atoms with Crippen LogP contribution in [0.5, 0.6) is 0 Å². The lowest BCUT2D eigenvalue weighted by Gasteiger charge is -2.43. The highest BCUT2D eigenvalue weighted by atomic mass is 14.9. The maximum atomic E-state index is 2.34. The summed E-state index contributed by atoms with van der Waals surface area (Å²) < 4.78 is 2.26. The van der Waals surface area contributed by atoms with E-state index >= 15 is 0 Å². The van der Waals surface area contributed by atoms with Crippen LogP contribution in [0.1, 0.15) is 117 Å². The quantitative estimate of drug-likeness (QED) is 0.0507. The second kappa shape index (κ2) is 23.2. The van der Waals surface area contributed by atoms with E-state index in [2.05, 4.69) is 140 Å². The Balaban J connectivity index is 0.000000330. The summed E-state index contributed by atoms with van der Waals surface area (Å²) in [7, 11) is 0. The van der Waals surface area contributed by atoms with E-state index in [1.165, 1.54) is 132 Å². The van der Waals surface area contributed by atoms with Gasteiger partial charge in [-0.2, -0.15) is 22.7 Å². The largest absolute Gasteiger partial charge is 0.205 e. The molecule has 2 heteroatoms. The fraction of sp³-hybridized carbons (Fsp3) is 0.465. The Kier molecular flexibility index (Phi) is 18.8. The van der Waals surface area contributed by atoms with E-state index in [9.17, 15) is 0 Å². The van der Waals surface area contributed by atoms with Crippen LogP contribution in [-0.4, -0.2) is 6.15 Å². The monoisotopic (exact) mass is 603 g/mol. The number of aryl methyl sites for hydroxylation is 1. The fourth-order valence-corrected chi connectivity index (χ4v) is 7.02. The van der Waals surface area contributed by atoms with Crippen LogP contribution in [0.2, 0.25) is 6.32 Å². The SMILES string of the molecule is CCCCCCCCCCCC[B-](c1ccccc1)(c1ccccc1)c1ccccc1.CCCCCCCC[n+]1ccccc1. The Hall–Kier alpha value is -3.13. The fourth-order valence-electron chi connectivity index (χ4n) is 7.02. The summed E-state index contributed by atoms with van der Waals surface area (Å²) in [6, 6.07) is 40.0. The van der Waals surface area contributed by atoms with Gasteiger partial charge in [-0.25, -0.2) is 4.57 Å². The van der Waals surface area contributed by atoms with Crippen LogP contribution in [0.25, 0.3) is 0 Å². The Morgan fingerprint density at radius 2 is 0.711 bits per heavy atom. The molecule has 242 valence electrons. The smallest absolute Gasteiger partial charge is 0.168 e. The Bertz CT molecular complexity index is 1110. The topological polar surface area (TPSA) is 3.88 Å². The molecular formula is C43H62BN. The van der Waals surface area contributed by atoms with Crippen LogP contribution in [0.15, 0.2) is 122 Å². The van der Waals surface area contributed by atoms with E-state index in [1.807, 2.05) is 0 Å². The first-order valence-electron chi connectivity index (χ1n) is 18.6. The van der Waals surface area contributed by atoms with Crippen molar-refractivity contribution in [1.82, 2.24) is 0 Å². The molecule has 0 aliphatic heterocycles. The summed E-state index contributed by atoms with van der Waals surface area (Å²) in [6.07, 6.45) is 26.6. The molecule has 0 radical (unpaired) electrons. The molecule has 0 amide bonds. The number of unbranched alkanes of at least 4 members (excludes halogenated alkanes) is 14. The lowest BCUT2D eigenvalue weighted by atomic mass is 9.14. The summed E-state index contributed by atoms with van der Waals surface area (Å²) in [4.78, 5) is 0. The zero-order chi connectivity index (χ0) is 31.7. The minimum absolute atomic E-state index is 0.950. The van der Waals surface area contributed by atoms with Crippen molar-refractivity contribution < 1.29 is 4.57 Å². The predicted molar refractivity (Wildman–Crippen MR) is 201 cm³/mol. The van der Waals surface area contributed by atoms with Crippen molar-refractivity contribution in [2.75, 3.05) is 0 Å². The molecule has 4 aromatic rings. The average Bonchev–Trinajstić information content (AvgIpc) is 3.11. The van der Waals surface area contributed by atoms with Crippen LogP contribution in [0, 0.1) is 0 Å². The zero-order valence-electron chi connectivity index (χ0n) is 28.8. The third kappa shape index (κ3) is 13.4. The first kappa shape index (κ1) is 36.3. The van der Waals surface area contributed by atoms with Crippen molar-refractivity contribution in [2.24, 2.45) is 0 Å². The second-order valence-electron chi connectivity index (χ2n) is 13.1. The van der Waals surface area contributed by atoms with Gasteiger partial charge in [0.15, 0.2) is 12.4 Å². The molecule has 1 nitrogen and oxygen atoms in total. The first-order valence-corrected chi connectivity index (χ1v) is 18.6. The van der Waals surface area contributed by atoms with Gasteiger partial charge in [-0.15, -0.1) is 0 Å². The average molecular weight is 604 g/mol. The molecule has 0 aliphatic rings. The summed E-state index contributed by atoms with van der Waals surface area (Å²) in [5, 5.41) is 0. The Morgan fingerprint density at radius 3 is 1.11 bits per heavy atom. The van der Waals surface area contributed by atoms with Gasteiger partial charge in [0.25, 0.3) is 0 Å². The lowest BCUT2D eigenvalue weighted by Crippen LogP contribution is -2.66. The third-order valence-corrected chi connectivity index (χ3v) is 9.64. The number of nitrogens with zero attached hydrogens (tertiary/aromatic N) is 1. The van der Waals surface area contributed by atoms with Crippen molar-refractivity contribution in [1.29, 1.82) is 0 Å². The van der Waals surface area contributed by atoms with Gasteiger partial charge in [0, 0.05) is 18.6 Å². The molecule has 0 atom stereocenters. The minimum Gasteiger partial charge on any atom is -0.205 e. The highest BCUT2D eigenvalue weighted by Gasteiger charge is 2.29. The Morgan fingerprint density at radius 1 is 0.378 bits per heavy atom. The van der Waals surface area contributed by atoms with Gasteiger partial charge < -0.3 is 0 Å².